The molecule has 3 N–H and O–H groups in total. The molecule has 0 bridgehead atoms. The van der Waals surface area contributed by atoms with Gasteiger partial charge in [0.2, 0.25) is 0 Å². The molecule has 0 atom stereocenters. The summed E-state index contributed by atoms with van der Waals surface area (Å²) in [6.07, 6.45) is 0. The Balaban J connectivity index is 0.00000300. The third-order valence-corrected chi connectivity index (χ3v) is 3.99. The predicted molar refractivity (Wildman–Crippen MR) is 127 cm³/mol. The number of benzene rings is 3. The topological polar surface area (TPSA) is 78.1 Å². The first kappa shape index (κ1) is 22.4. The fourth-order valence-corrected chi connectivity index (χ4v) is 2.70. The standard InChI is InChI=1S/C22H23N3O3.HI/c1-26-20-13-6-8-16(21(20)27-2)15-24-22(23)25-17-9-7-12-19(14-17)28-18-10-4-3-5-11-18;/h3-14H,15H2,1-2H3,(H3,23,24,25);1H. The van der Waals surface area contributed by atoms with Crippen molar-refractivity contribution in [2.75, 3.05) is 19.5 Å². The largest absolute Gasteiger partial charge is 0.493 e. The first-order valence-electron chi connectivity index (χ1n) is 8.79. The highest BCUT2D eigenvalue weighted by atomic mass is 127. The molecule has 29 heavy (non-hydrogen) atoms. The molecule has 0 aliphatic carbocycles. The van der Waals surface area contributed by atoms with E-state index in [-0.39, 0.29) is 24.0 Å². The van der Waals surface area contributed by atoms with Crippen LogP contribution in [0.5, 0.6) is 23.0 Å². The molecule has 0 heterocycles. The Morgan fingerprint density at radius 2 is 1.62 bits per heavy atom. The molecular weight excluding hydrogens is 481 g/mol. The summed E-state index contributed by atoms with van der Waals surface area (Å²) in [4.78, 5) is 4.39. The molecule has 3 rings (SSSR count). The number of ether oxygens (including phenoxy) is 3. The monoisotopic (exact) mass is 505 g/mol. The third kappa shape index (κ3) is 6.28. The van der Waals surface area contributed by atoms with Crippen molar-refractivity contribution in [3.63, 3.8) is 0 Å². The molecule has 0 unspecified atom stereocenters. The lowest BCUT2D eigenvalue weighted by Gasteiger charge is -2.12. The van der Waals surface area contributed by atoms with E-state index in [0.29, 0.717) is 29.8 Å². The number of nitrogens with one attached hydrogen (secondary N) is 1. The van der Waals surface area contributed by atoms with Crippen LogP contribution in [-0.2, 0) is 6.54 Å². The van der Waals surface area contributed by atoms with Gasteiger partial charge in [0.15, 0.2) is 17.5 Å². The molecule has 0 aliphatic heterocycles. The molecule has 0 amide bonds. The van der Waals surface area contributed by atoms with E-state index in [4.69, 9.17) is 19.9 Å². The predicted octanol–water partition coefficient (Wildman–Crippen LogP) is 5.04. The summed E-state index contributed by atoms with van der Waals surface area (Å²) in [5.41, 5.74) is 7.71. The van der Waals surface area contributed by atoms with E-state index in [1.165, 1.54) is 0 Å². The summed E-state index contributed by atoms with van der Waals surface area (Å²) in [7, 11) is 3.20. The lowest BCUT2D eigenvalue weighted by Crippen LogP contribution is -2.22. The van der Waals surface area contributed by atoms with Crippen LogP contribution in [0.2, 0.25) is 0 Å². The fourth-order valence-electron chi connectivity index (χ4n) is 2.70. The molecule has 0 aliphatic rings. The van der Waals surface area contributed by atoms with Gasteiger partial charge < -0.3 is 25.3 Å². The second-order valence-corrected chi connectivity index (χ2v) is 5.92. The summed E-state index contributed by atoms with van der Waals surface area (Å²) in [6, 6.07) is 22.8. The van der Waals surface area contributed by atoms with E-state index in [1.54, 1.807) is 14.2 Å². The Morgan fingerprint density at radius 1 is 0.897 bits per heavy atom. The molecule has 0 radical (unpaired) electrons. The number of hydrogen-bond acceptors (Lipinski definition) is 4. The van der Waals surface area contributed by atoms with Crippen LogP contribution in [0.3, 0.4) is 0 Å². The maximum absolute atomic E-state index is 6.04. The fraction of sp³-hybridized carbons (Fsp3) is 0.136. The van der Waals surface area contributed by atoms with Crippen LogP contribution < -0.4 is 25.3 Å². The summed E-state index contributed by atoms with van der Waals surface area (Å²) in [5.74, 6) is 3.08. The van der Waals surface area contributed by atoms with Crippen LogP contribution in [0.15, 0.2) is 77.8 Å². The van der Waals surface area contributed by atoms with Gasteiger partial charge in [0.05, 0.1) is 20.8 Å². The molecule has 0 saturated heterocycles. The van der Waals surface area contributed by atoms with Crippen LogP contribution in [0.4, 0.5) is 5.69 Å². The number of methoxy groups -OCH3 is 2. The quantitative estimate of drug-likeness (QED) is 0.267. The highest BCUT2D eigenvalue weighted by molar-refractivity contribution is 14.0. The summed E-state index contributed by atoms with van der Waals surface area (Å²) in [6.45, 7) is 0.361. The summed E-state index contributed by atoms with van der Waals surface area (Å²) >= 11 is 0. The Labute approximate surface area is 187 Å². The molecule has 3 aromatic rings. The van der Waals surface area contributed by atoms with E-state index < -0.39 is 0 Å². The zero-order valence-corrected chi connectivity index (χ0v) is 18.6. The number of guanidine groups is 1. The normalized spacial score (nSPS) is 10.6. The van der Waals surface area contributed by atoms with Crippen molar-refractivity contribution in [1.82, 2.24) is 0 Å². The van der Waals surface area contributed by atoms with Crippen LogP contribution in [-0.4, -0.2) is 20.2 Å². The first-order valence-corrected chi connectivity index (χ1v) is 8.79. The second-order valence-electron chi connectivity index (χ2n) is 5.92. The van der Waals surface area contributed by atoms with Crippen molar-refractivity contribution in [2.24, 2.45) is 10.7 Å². The minimum atomic E-state index is 0. The van der Waals surface area contributed by atoms with Crippen LogP contribution >= 0.6 is 24.0 Å². The highest BCUT2D eigenvalue weighted by Gasteiger charge is 2.09. The van der Waals surface area contributed by atoms with Gasteiger partial charge >= 0.3 is 0 Å². The first-order chi connectivity index (χ1) is 13.7. The molecular formula is C22H24IN3O3. The lowest BCUT2D eigenvalue weighted by molar-refractivity contribution is 0.352. The number of nitrogens with two attached hydrogens (primary N) is 1. The smallest absolute Gasteiger partial charge is 0.193 e. The number of rotatable bonds is 7. The molecule has 0 aromatic heterocycles. The Morgan fingerprint density at radius 3 is 2.34 bits per heavy atom. The van der Waals surface area contributed by atoms with Gasteiger partial charge in [0.25, 0.3) is 0 Å². The maximum atomic E-state index is 6.04. The van der Waals surface area contributed by atoms with Crippen molar-refractivity contribution in [2.45, 2.75) is 6.54 Å². The average molecular weight is 505 g/mol. The summed E-state index contributed by atoms with van der Waals surface area (Å²) in [5, 5.41) is 3.08. The molecule has 152 valence electrons. The van der Waals surface area contributed by atoms with Gasteiger partial charge in [-0.15, -0.1) is 24.0 Å². The van der Waals surface area contributed by atoms with Gasteiger partial charge in [-0.2, -0.15) is 0 Å². The molecule has 3 aromatic carbocycles. The van der Waals surface area contributed by atoms with Gasteiger partial charge in [0.1, 0.15) is 11.5 Å². The van der Waals surface area contributed by atoms with Crippen LogP contribution in [0.1, 0.15) is 5.56 Å². The van der Waals surface area contributed by atoms with E-state index in [9.17, 15) is 0 Å². The summed E-state index contributed by atoms with van der Waals surface area (Å²) < 4.78 is 16.6. The van der Waals surface area contributed by atoms with Crippen molar-refractivity contribution >= 4 is 35.6 Å². The number of aliphatic imine (C=N–C) groups is 1. The minimum Gasteiger partial charge on any atom is -0.493 e. The van der Waals surface area contributed by atoms with Crippen LogP contribution in [0.25, 0.3) is 0 Å². The second kappa shape index (κ2) is 11.2. The SMILES string of the molecule is COc1cccc(CN=C(N)Nc2cccc(Oc3ccccc3)c2)c1OC.I. The molecule has 0 fully saturated rings. The van der Waals surface area contributed by atoms with Crippen molar-refractivity contribution < 1.29 is 14.2 Å². The lowest BCUT2D eigenvalue weighted by atomic mass is 10.2. The number of nitrogens with zero attached hydrogens (tertiary/aromatic N) is 1. The number of hydrogen-bond donors (Lipinski definition) is 2. The van der Waals surface area contributed by atoms with Gasteiger partial charge in [-0.1, -0.05) is 36.4 Å². The van der Waals surface area contributed by atoms with Gasteiger partial charge in [-0.3, -0.25) is 0 Å². The van der Waals surface area contributed by atoms with Gasteiger partial charge in [0, 0.05) is 17.3 Å². The van der Waals surface area contributed by atoms with Gasteiger partial charge in [-0.25, -0.2) is 4.99 Å². The van der Waals surface area contributed by atoms with E-state index in [2.05, 4.69) is 10.3 Å². The van der Waals surface area contributed by atoms with Crippen molar-refractivity contribution in [1.29, 1.82) is 0 Å². The molecule has 6 nitrogen and oxygen atoms in total. The Bertz CT molecular complexity index is 949. The van der Waals surface area contributed by atoms with E-state index in [0.717, 1.165) is 17.0 Å². The number of anilines is 1. The maximum Gasteiger partial charge on any atom is 0.193 e. The average Bonchev–Trinajstić information content (AvgIpc) is 2.72. The zero-order chi connectivity index (χ0) is 19.8. The highest BCUT2D eigenvalue weighted by Crippen LogP contribution is 2.31. The van der Waals surface area contributed by atoms with Gasteiger partial charge in [-0.05, 0) is 30.3 Å². The molecule has 0 spiro atoms. The number of para-hydroxylation sites is 2. The molecule has 0 saturated carbocycles. The Hall–Kier alpha value is -2.94. The Kier molecular flexibility index (Phi) is 8.60. The van der Waals surface area contributed by atoms with Crippen molar-refractivity contribution in [3.8, 4) is 23.0 Å². The third-order valence-electron chi connectivity index (χ3n) is 3.99. The zero-order valence-electron chi connectivity index (χ0n) is 16.3. The van der Waals surface area contributed by atoms with E-state index >= 15 is 0 Å². The molecule has 7 heteroatoms. The van der Waals surface area contributed by atoms with Crippen LogP contribution in [0, 0.1) is 0 Å². The van der Waals surface area contributed by atoms with Crippen molar-refractivity contribution in [3.05, 3.63) is 78.4 Å². The minimum absolute atomic E-state index is 0. The van der Waals surface area contributed by atoms with E-state index in [1.807, 2.05) is 72.8 Å². The number of halogens is 1.